The topological polar surface area (TPSA) is 80.6 Å². The number of fused-ring (bicyclic) bond motifs is 1. The quantitative estimate of drug-likeness (QED) is 0.730. The molecule has 0 atom stereocenters. The van der Waals surface area contributed by atoms with Gasteiger partial charge >= 0.3 is 0 Å². The number of nitrogens with one attached hydrogen (secondary N) is 2. The van der Waals surface area contributed by atoms with Gasteiger partial charge < -0.3 is 19.8 Å². The Hall–Kier alpha value is -3.35. The highest BCUT2D eigenvalue weighted by atomic mass is 19.1. The van der Waals surface area contributed by atoms with Gasteiger partial charge in [-0.15, -0.1) is 0 Å². The first-order valence-electron chi connectivity index (χ1n) is 7.87. The average Bonchev–Trinajstić information content (AvgIpc) is 2.99. The predicted molar refractivity (Wildman–Crippen MR) is 95.8 cm³/mol. The third-order valence-corrected chi connectivity index (χ3v) is 3.77. The van der Waals surface area contributed by atoms with Gasteiger partial charge in [0.25, 0.3) is 0 Å². The van der Waals surface area contributed by atoms with Crippen molar-refractivity contribution in [3.63, 3.8) is 0 Å². The number of methoxy groups -OCH3 is 1. The third-order valence-electron chi connectivity index (χ3n) is 3.77. The van der Waals surface area contributed by atoms with Gasteiger partial charge in [-0.05, 0) is 30.3 Å². The van der Waals surface area contributed by atoms with E-state index in [9.17, 15) is 14.0 Å². The molecule has 0 radical (unpaired) electrons. The van der Waals surface area contributed by atoms with E-state index in [2.05, 4.69) is 10.6 Å². The molecule has 0 saturated heterocycles. The molecular weight excluding hydrogens is 339 g/mol. The zero-order valence-corrected chi connectivity index (χ0v) is 14.3. The number of carbonyl (C=O) groups excluding carboxylic acids is 2. The monoisotopic (exact) mass is 356 g/mol. The lowest BCUT2D eigenvalue weighted by molar-refractivity contribution is -0.116. The van der Waals surface area contributed by atoms with Crippen LogP contribution in [-0.4, -0.2) is 18.9 Å². The minimum atomic E-state index is -0.589. The van der Waals surface area contributed by atoms with Gasteiger partial charge in [0.05, 0.1) is 25.5 Å². The third kappa shape index (κ3) is 3.83. The summed E-state index contributed by atoms with van der Waals surface area (Å²) < 4.78 is 24.5. The van der Waals surface area contributed by atoms with Crippen LogP contribution in [0.4, 0.5) is 15.8 Å². The van der Waals surface area contributed by atoms with E-state index in [1.54, 1.807) is 25.3 Å². The number of carbonyl (C=O) groups is 2. The maximum Gasteiger partial charge on any atom is 0.229 e. The van der Waals surface area contributed by atoms with Crippen LogP contribution in [-0.2, 0) is 16.0 Å². The van der Waals surface area contributed by atoms with Crippen molar-refractivity contribution in [2.75, 3.05) is 17.7 Å². The molecule has 134 valence electrons. The Balaban J connectivity index is 1.76. The Morgan fingerprint density at radius 3 is 2.69 bits per heavy atom. The van der Waals surface area contributed by atoms with Gasteiger partial charge in [0.1, 0.15) is 17.1 Å². The van der Waals surface area contributed by atoms with E-state index in [0.717, 1.165) is 5.39 Å². The fraction of sp³-hybridized carbons (Fsp3) is 0.158. The van der Waals surface area contributed by atoms with Crippen molar-refractivity contribution in [3.05, 3.63) is 54.0 Å². The molecule has 0 aliphatic rings. The molecule has 0 aliphatic carbocycles. The zero-order chi connectivity index (χ0) is 18.7. The molecule has 3 aromatic rings. The van der Waals surface area contributed by atoms with E-state index in [1.807, 2.05) is 0 Å². The summed E-state index contributed by atoms with van der Waals surface area (Å²) in [6.07, 6.45) is 1.51. The molecule has 0 fully saturated rings. The SMILES string of the molecule is COc1ccc2c(CC(=O)Nc3cc(NC(C)=O)ccc3F)coc2c1. The van der Waals surface area contributed by atoms with E-state index in [1.165, 1.54) is 31.4 Å². The summed E-state index contributed by atoms with van der Waals surface area (Å²) in [6.45, 7) is 1.35. The van der Waals surface area contributed by atoms with Crippen molar-refractivity contribution in [1.29, 1.82) is 0 Å². The van der Waals surface area contributed by atoms with Crippen molar-refractivity contribution in [2.45, 2.75) is 13.3 Å². The van der Waals surface area contributed by atoms with Gasteiger partial charge in [-0.3, -0.25) is 9.59 Å². The number of anilines is 2. The lowest BCUT2D eigenvalue weighted by Crippen LogP contribution is -2.15. The number of benzene rings is 2. The number of furan rings is 1. The minimum Gasteiger partial charge on any atom is -0.497 e. The van der Waals surface area contributed by atoms with Crippen LogP contribution in [0, 0.1) is 5.82 Å². The summed E-state index contributed by atoms with van der Waals surface area (Å²) in [6, 6.07) is 9.28. The van der Waals surface area contributed by atoms with E-state index in [-0.39, 0.29) is 18.0 Å². The number of halogens is 1. The highest BCUT2D eigenvalue weighted by Crippen LogP contribution is 2.26. The van der Waals surface area contributed by atoms with Crippen molar-refractivity contribution < 1.29 is 23.1 Å². The molecule has 1 heterocycles. The first-order valence-corrected chi connectivity index (χ1v) is 7.87. The smallest absolute Gasteiger partial charge is 0.229 e. The lowest BCUT2D eigenvalue weighted by Gasteiger charge is -2.09. The number of amides is 2. The van der Waals surface area contributed by atoms with Crippen LogP contribution in [0.25, 0.3) is 11.0 Å². The summed E-state index contributed by atoms with van der Waals surface area (Å²) in [5, 5.41) is 5.85. The van der Waals surface area contributed by atoms with Crippen LogP contribution in [0.5, 0.6) is 5.75 Å². The molecule has 2 amide bonds. The molecule has 0 aliphatic heterocycles. The van der Waals surface area contributed by atoms with E-state index >= 15 is 0 Å². The summed E-state index contributed by atoms with van der Waals surface area (Å²) in [5.74, 6) is -0.620. The lowest BCUT2D eigenvalue weighted by atomic mass is 10.1. The van der Waals surface area contributed by atoms with Gasteiger partial charge in [0.15, 0.2) is 0 Å². The summed E-state index contributed by atoms with van der Waals surface area (Å²) in [4.78, 5) is 23.4. The fourth-order valence-corrected chi connectivity index (χ4v) is 2.60. The molecule has 0 unspecified atom stereocenters. The maximum atomic E-state index is 13.9. The van der Waals surface area contributed by atoms with Crippen molar-refractivity contribution >= 4 is 34.2 Å². The Morgan fingerprint density at radius 2 is 1.96 bits per heavy atom. The van der Waals surface area contributed by atoms with Gasteiger partial charge in [-0.2, -0.15) is 0 Å². The number of hydrogen-bond donors (Lipinski definition) is 2. The van der Waals surface area contributed by atoms with Crippen molar-refractivity contribution in [2.24, 2.45) is 0 Å². The van der Waals surface area contributed by atoms with E-state index in [0.29, 0.717) is 22.6 Å². The highest BCUT2D eigenvalue weighted by Gasteiger charge is 2.13. The summed E-state index contributed by atoms with van der Waals surface area (Å²) in [7, 11) is 1.56. The van der Waals surface area contributed by atoms with Gasteiger partial charge in [0, 0.05) is 29.6 Å². The predicted octanol–water partition coefficient (Wildman–Crippen LogP) is 3.72. The highest BCUT2D eigenvalue weighted by molar-refractivity contribution is 5.96. The van der Waals surface area contributed by atoms with Crippen LogP contribution in [0.1, 0.15) is 12.5 Å². The zero-order valence-electron chi connectivity index (χ0n) is 14.3. The molecule has 0 bridgehead atoms. The molecular formula is C19H17FN2O4. The minimum absolute atomic E-state index is 0.00396. The second-order valence-corrected chi connectivity index (χ2v) is 5.72. The Kier molecular flexibility index (Phi) is 4.88. The Labute approximate surface area is 148 Å². The number of ether oxygens (including phenoxy) is 1. The average molecular weight is 356 g/mol. The van der Waals surface area contributed by atoms with Gasteiger partial charge in [0.2, 0.25) is 11.8 Å². The Bertz CT molecular complexity index is 981. The number of hydrogen-bond acceptors (Lipinski definition) is 4. The number of rotatable bonds is 5. The van der Waals surface area contributed by atoms with Gasteiger partial charge in [-0.1, -0.05) is 0 Å². The maximum absolute atomic E-state index is 13.9. The normalized spacial score (nSPS) is 10.6. The molecule has 2 N–H and O–H groups in total. The van der Waals surface area contributed by atoms with E-state index < -0.39 is 11.7 Å². The molecule has 3 rings (SSSR count). The first-order chi connectivity index (χ1) is 12.5. The standard InChI is InChI=1S/C19H17FN2O4/c1-11(23)21-13-3-6-16(20)17(8-13)22-19(24)7-12-10-26-18-9-14(25-2)4-5-15(12)18/h3-6,8-10H,7H2,1-2H3,(H,21,23)(H,22,24). The molecule has 0 spiro atoms. The van der Waals surface area contributed by atoms with Gasteiger partial charge in [-0.25, -0.2) is 4.39 Å². The van der Waals surface area contributed by atoms with Crippen molar-refractivity contribution in [3.8, 4) is 5.75 Å². The molecule has 6 nitrogen and oxygen atoms in total. The van der Waals surface area contributed by atoms with Crippen LogP contribution >= 0.6 is 0 Å². The second-order valence-electron chi connectivity index (χ2n) is 5.72. The molecule has 7 heteroatoms. The van der Waals surface area contributed by atoms with E-state index in [4.69, 9.17) is 9.15 Å². The molecule has 1 aromatic heterocycles. The summed E-state index contributed by atoms with van der Waals surface area (Å²) in [5.41, 5.74) is 1.68. The second kappa shape index (κ2) is 7.26. The molecule has 2 aromatic carbocycles. The largest absolute Gasteiger partial charge is 0.497 e. The fourth-order valence-electron chi connectivity index (χ4n) is 2.60. The first kappa shape index (κ1) is 17.5. The summed E-state index contributed by atoms with van der Waals surface area (Å²) >= 11 is 0. The van der Waals surface area contributed by atoms with Crippen molar-refractivity contribution in [1.82, 2.24) is 0 Å². The van der Waals surface area contributed by atoms with Crippen LogP contribution in [0.15, 0.2) is 47.1 Å². The van der Waals surface area contributed by atoms with Crippen LogP contribution in [0.3, 0.4) is 0 Å². The molecule has 26 heavy (non-hydrogen) atoms. The van der Waals surface area contributed by atoms with Crippen LogP contribution in [0.2, 0.25) is 0 Å². The Morgan fingerprint density at radius 1 is 1.15 bits per heavy atom. The molecule has 0 saturated carbocycles. The van der Waals surface area contributed by atoms with Crippen LogP contribution < -0.4 is 15.4 Å².